The zero-order valence-corrected chi connectivity index (χ0v) is 10.4. The minimum absolute atomic E-state index is 0.226. The molecular formula is C13H7FN4S. The lowest BCUT2D eigenvalue weighted by Crippen LogP contribution is -1.76. The molecule has 3 heterocycles. The molecular weight excluding hydrogens is 263 g/mol. The molecule has 1 aromatic carbocycles. The van der Waals surface area contributed by atoms with E-state index in [2.05, 4.69) is 19.9 Å². The van der Waals surface area contributed by atoms with Crippen LogP contribution in [0, 0.1) is 5.82 Å². The normalized spacial score (nSPS) is 11.4. The van der Waals surface area contributed by atoms with Gasteiger partial charge in [-0.15, -0.1) is 11.3 Å². The van der Waals surface area contributed by atoms with Crippen molar-refractivity contribution in [2.75, 3.05) is 0 Å². The number of benzene rings is 1. The van der Waals surface area contributed by atoms with Crippen molar-refractivity contribution >= 4 is 32.6 Å². The van der Waals surface area contributed by atoms with Crippen molar-refractivity contribution in [2.24, 2.45) is 0 Å². The molecule has 19 heavy (non-hydrogen) atoms. The Morgan fingerprint density at radius 3 is 3.05 bits per heavy atom. The first-order chi connectivity index (χ1) is 9.29. The largest absolute Gasteiger partial charge is 0.335 e. The predicted molar refractivity (Wildman–Crippen MR) is 72.5 cm³/mol. The second kappa shape index (κ2) is 3.83. The predicted octanol–water partition coefficient (Wildman–Crippen LogP) is 3.37. The molecule has 0 bridgehead atoms. The molecule has 0 saturated heterocycles. The summed E-state index contributed by atoms with van der Waals surface area (Å²) in [7, 11) is 0. The topological polar surface area (TPSA) is 54.5 Å². The summed E-state index contributed by atoms with van der Waals surface area (Å²) in [5.41, 5.74) is 1.43. The molecule has 3 aromatic heterocycles. The van der Waals surface area contributed by atoms with Crippen molar-refractivity contribution in [1.82, 2.24) is 19.9 Å². The van der Waals surface area contributed by atoms with Crippen LogP contribution < -0.4 is 0 Å². The Balaban J connectivity index is 1.93. The number of rotatable bonds is 1. The van der Waals surface area contributed by atoms with Gasteiger partial charge in [-0.1, -0.05) is 6.07 Å². The van der Waals surface area contributed by atoms with Gasteiger partial charge in [-0.25, -0.2) is 19.3 Å². The summed E-state index contributed by atoms with van der Waals surface area (Å²) in [5, 5.41) is 1.01. The molecule has 0 fully saturated rings. The van der Waals surface area contributed by atoms with E-state index < -0.39 is 0 Å². The lowest BCUT2D eigenvalue weighted by molar-refractivity contribution is 0.630. The van der Waals surface area contributed by atoms with E-state index in [1.165, 1.54) is 29.8 Å². The standard InChI is InChI=1S/C13H7FN4S/c14-8-2-1-7-3-11(19-10(7)4-8)13-17-9-5-15-6-16-12(9)18-13/h1-6H,(H,15,16,17,18). The van der Waals surface area contributed by atoms with Gasteiger partial charge < -0.3 is 4.98 Å². The Hall–Kier alpha value is -2.34. The van der Waals surface area contributed by atoms with Gasteiger partial charge in [0.2, 0.25) is 0 Å². The molecule has 0 unspecified atom stereocenters. The number of H-pyrrole nitrogens is 1. The Morgan fingerprint density at radius 1 is 1.21 bits per heavy atom. The van der Waals surface area contributed by atoms with E-state index in [1.807, 2.05) is 6.07 Å². The van der Waals surface area contributed by atoms with Crippen LogP contribution in [-0.2, 0) is 0 Å². The molecule has 0 aliphatic carbocycles. The highest BCUT2D eigenvalue weighted by Crippen LogP contribution is 2.32. The molecule has 0 spiro atoms. The average Bonchev–Trinajstić information content (AvgIpc) is 3.00. The number of imidazole rings is 1. The van der Waals surface area contributed by atoms with Gasteiger partial charge in [0.1, 0.15) is 17.7 Å². The number of fused-ring (bicyclic) bond motifs is 2. The maximum Gasteiger partial charge on any atom is 0.181 e. The quantitative estimate of drug-likeness (QED) is 0.577. The van der Waals surface area contributed by atoms with Crippen LogP contribution in [0.2, 0.25) is 0 Å². The molecule has 0 aliphatic heterocycles. The highest BCUT2D eigenvalue weighted by atomic mass is 32.1. The van der Waals surface area contributed by atoms with Crippen LogP contribution in [0.4, 0.5) is 4.39 Å². The maximum absolute atomic E-state index is 13.2. The minimum atomic E-state index is -0.226. The Labute approximate surface area is 111 Å². The molecule has 0 radical (unpaired) electrons. The van der Waals surface area contributed by atoms with E-state index in [0.29, 0.717) is 5.65 Å². The number of hydrogen-bond acceptors (Lipinski definition) is 4. The zero-order valence-electron chi connectivity index (χ0n) is 9.59. The Kier molecular flexibility index (Phi) is 2.13. The first-order valence-corrected chi connectivity index (χ1v) is 6.46. The fourth-order valence-corrected chi connectivity index (χ4v) is 3.03. The van der Waals surface area contributed by atoms with Crippen molar-refractivity contribution in [3.63, 3.8) is 0 Å². The molecule has 0 amide bonds. The van der Waals surface area contributed by atoms with E-state index >= 15 is 0 Å². The lowest BCUT2D eigenvalue weighted by atomic mass is 10.2. The van der Waals surface area contributed by atoms with Crippen molar-refractivity contribution in [2.45, 2.75) is 0 Å². The average molecular weight is 270 g/mol. The van der Waals surface area contributed by atoms with Gasteiger partial charge in [-0.2, -0.15) is 0 Å². The third kappa shape index (κ3) is 1.68. The van der Waals surface area contributed by atoms with Crippen LogP contribution in [0.25, 0.3) is 32.0 Å². The summed E-state index contributed by atoms with van der Waals surface area (Å²) < 4.78 is 14.1. The van der Waals surface area contributed by atoms with Crippen molar-refractivity contribution < 1.29 is 4.39 Å². The van der Waals surface area contributed by atoms with Gasteiger partial charge in [0.15, 0.2) is 11.5 Å². The number of hydrogen-bond donors (Lipinski definition) is 1. The fraction of sp³-hybridized carbons (Fsp3) is 0. The SMILES string of the molecule is Fc1ccc2cc(-c3nc4ncncc4[nH]3)sc2c1. The summed E-state index contributed by atoms with van der Waals surface area (Å²) in [4.78, 5) is 16.6. The van der Waals surface area contributed by atoms with E-state index in [0.717, 1.165) is 26.3 Å². The molecule has 1 N–H and O–H groups in total. The zero-order chi connectivity index (χ0) is 12.8. The molecule has 4 rings (SSSR count). The molecule has 4 nitrogen and oxygen atoms in total. The number of halogens is 1. The summed E-state index contributed by atoms with van der Waals surface area (Å²) in [5.74, 6) is 0.508. The first kappa shape index (κ1) is 10.6. The molecule has 92 valence electrons. The van der Waals surface area contributed by atoms with Crippen LogP contribution in [0.5, 0.6) is 0 Å². The van der Waals surface area contributed by atoms with Crippen molar-refractivity contribution in [1.29, 1.82) is 0 Å². The molecule has 0 atom stereocenters. The highest BCUT2D eigenvalue weighted by Gasteiger charge is 2.10. The maximum atomic E-state index is 13.2. The van der Waals surface area contributed by atoms with Crippen LogP contribution in [-0.4, -0.2) is 19.9 Å². The first-order valence-electron chi connectivity index (χ1n) is 5.65. The van der Waals surface area contributed by atoms with Crippen LogP contribution in [0.1, 0.15) is 0 Å². The van der Waals surface area contributed by atoms with Crippen molar-refractivity contribution in [3.05, 3.63) is 42.6 Å². The highest BCUT2D eigenvalue weighted by molar-refractivity contribution is 7.22. The van der Waals surface area contributed by atoms with Gasteiger partial charge >= 0.3 is 0 Å². The Morgan fingerprint density at radius 2 is 2.16 bits per heavy atom. The monoisotopic (exact) mass is 270 g/mol. The number of nitrogens with one attached hydrogen (secondary N) is 1. The number of aromatic amines is 1. The van der Waals surface area contributed by atoms with Crippen LogP contribution >= 0.6 is 11.3 Å². The van der Waals surface area contributed by atoms with Gasteiger partial charge in [-0.05, 0) is 23.6 Å². The number of thiophene rings is 1. The summed E-state index contributed by atoms with van der Waals surface area (Å²) in [6, 6.07) is 6.76. The fourth-order valence-electron chi connectivity index (χ4n) is 2.00. The third-order valence-electron chi connectivity index (χ3n) is 2.88. The number of nitrogens with zero attached hydrogens (tertiary/aromatic N) is 3. The summed E-state index contributed by atoms with van der Waals surface area (Å²) in [6.07, 6.45) is 3.15. The van der Waals surface area contributed by atoms with E-state index in [1.54, 1.807) is 12.3 Å². The minimum Gasteiger partial charge on any atom is -0.335 e. The van der Waals surface area contributed by atoms with E-state index in [9.17, 15) is 4.39 Å². The molecule has 0 saturated carbocycles. The van der Waals surface area contributed by atoms with Crippen LogP contribution in [0.15, 0.2) is 36.8 Å². The molecule has 6 heteroatoms. The van der Waals surface area contributed by atoms with E-state index in [4.69, 9.17) is 0 Å². The van der Waals surface area contributed by atoms with Gasteiger partial charge in [-0.3, -0.25) is 0 Å². The summed E-state index contributed by atoms with van der Waals surface area (Å²) >= 11 is 1.50. The molecule has 0 aliphatic rings. The van der Waals surface area contributed by atoms with Gasteiger partial charge in [0.05, 0.1) is 11.1 Å². The van der Waals surface area contributed by atoms with Gasteiger partial charge in [0.25, 0.3) is 0 Å². The van der Waals surface area contributed by atoms with E-state index in [-0.39, 0.29) is 5.82 Å². The third-order valence-corrected chi connectivity index (χ3v) is 3.98. The smallest absolute Gasteiger partial charge is 0.181 e. The summed E-state index contributed by atoms with van der Waals surface area (Å²) in [6.45, 7) is 0. The number of aromatic nitrogens is 4. The lowest BCUT2D eigenvalue weighted by Gasteiger charge is -1.87. The van der Waals surface area contributed by atoms with Crippen molar-refractivity contribution in [3.8, 4) is 10.7 Å². The molecule has 4 aromatic rings. The van der Waals surface area contributed by atoms with Gasteiger partial charge in [0, 0.05) is 4.70 Å². The second-order valence-electron chi connectivity index (χ2n) is 4.14. The Bertz CT molecular complexity index is 863. The van der Waals surface area contributed by atoms with Crippen LogP contribution in [0.3, 0.4) is 0 Å². The second-order valence-corrected chi connectivity index (χ2v) is 5.22.